The second-order valence-corrected chi connectivity index (χ2v) is 8.38. The number of sulfonamides is 1. The molecule has 128 valence electrons. The molecule has 0 heterocycles. The third-order valence-electron chi connectivity index (χ3n) is 2.96. The Bertz CT molecular complexity index is 953. The molecule has 0 radical (unpaired) electrons. The number of carbonyl (C=O) groups is 1. The van der Waals surface area contributed by atoms with Gasteiger partial charge in [-0.2, -0.15) is 0 Å². The number of primary sulfonamides is 1. The topological polar surface area (TPSA) is 123 Å². The van der Waals surface area contributed by atoms with Crippen LogP contribution in [0.5, 0.6) is 0 Å². The van der Waals surface area contributed by atoms with Crippen molar-refractivity contribution >= 4 is 31.5 Å². The lowest BCUT2D eigenvalue weighted by atomic mass is 10.3. The maximum absolute atomic E-state index is 12.8. The predicted octanol–water partition coefficient (Wildman–Crippen LogP) is 0.886. The first-order valence-electron chi connectivity index (χ1n) is 6.49. The molecule has 0 aliphatic rings. The molecule has 7 nitrogen and oxygen atoms in total. The average Bonchev–Trinajstić information content (AvgIpc) is 2.46. The van der Waals surface area contributed by atoms with Crippen molar-refractivity contribution in [3.05, 3.63) is 54.3 Å². The van der Waals surface area contributed by atoms with E-state index in [1.165, 1.54) is 24.3 Å². The van der Waals surface area contributed by atoms with Crippen LogP contribution in [0.1, 0.15) is 0 Å². The van der Waals surface area contributed by atoms with Crippen molar-refractivity contribution in [3.8, 4) is 0 Å². The molecule has 24 heavy (non-hydrogen) atoms. The highest BCUT2D eigenvalue weighted by Crippen LogP contribution is 2.15. The molecule has 0 atom stereocenters. The van der Waals surface area contributed by atoms with Crippen LogP contribution in [0.3, 0.4) is 0 Å². The van der Waals surface area contributed by atoms with Gasteiger partial charge in [-0.3, -0.25) is 4.79 Å². The van der Waals surface area contributed by atoms with E-state index in [9.17, 15) is 26.0 Å². The summed E-state index contributed by atoms with van der Waals surface area (Å²) in [4.78, 5) is 11.5. The van der Waals surface area contributed by atoms with Gasteiger partial charge in [0.15, 0.2) is 9.84 Å². The number of hydrogen-bond donors (Lipinski definition) is 2. The zero-order valence-corrected chi connectivity index (χ0v) is 13.8. The van der Waals surface area contributed by atoms with Crippen molar-refractivity contribution < 1.29 is 26.0 Å². The Morgan fingerprint density at radius 2 is 1.42 bits per heavy atom. The Hall–Kier alpha value is -2.30. The van der Waals surface area contributed by atoms with Crippen LogP contribution >= 0.6 is 0 Å². The summed E-state index contributed by atoms with van der Waals surface area (Å²) >= 11 is 0. The molecule has 0 saturated carbocycles. The smallest absolute Gasteiger partial charge is 0.239 e. The molecule has 10 heteroatoms. The number of anilines is 1. The fraction of sp³-hybridized carbons (Fsp3) is 0.0714. The van der Waals surface area contributed by atoms with Gasteiger partial charge in [0.25, 0.3) is 0 Å². The second kappa shape index (κ2) is 6.67. The van der Waals surface area contributed by atoms with Gasteiger partial charge in [0, 0.05) is 5.69 Å². The van der Waals surface area contributed by atoms with Gasteiger partial charge in [-0.05, 0) is 48.5 Å². The molecule has 0 aliphatic heterocycles. The van der Waals surface area contributed by atoms with Crippen molar-refractivity contribution in [2.75, 3.05) is 11.1 Å². The minimum atomic E-state index is -3.92. The number of amides is 1. The quantitative estimate of drug-likeness (QED) is 0.754. The number of halogens is 1. The molecular weight excluding hydrogens is 359 g/mol. The maximum atomic E-state index is 12.8. The van der Waals surface area contributed by atoms with Gasteiger partial charge in [0.2, 0.25) is 15.9 Å². The Labute approximate surface area is 138 Å². The van der Waals surface area contributed by atoms with Crippen LogP contribution in [0.4, 0.5) is 10.1 Å². The summed E-state index contributed by atoms with van der Waals surface area (Å²) in [7, 11) is -7.78. The lowest BCUT2D eigenvalue weighted by Gasteiger charge is -2.07. The number of rotatable bonds is 5. The van der Waals surface area contributed by atoms with Crippen molar-refractivity contribution in [2.24, 2.45) is 5.14 Å². The molecule has 0 fully saturated rings. The largest absolute Gasteiger partial charge is 0.325 e. The minimum absolute atomic E-state index is 0.139. The molecular formula is C14H13FN2O5S2. The molecule has 0 spiro atoms. The summed E-state index contributed by atoms with van der Waals surface area (Å²) < 4.78 is 59.2. The molecule has 0 bridgehead atoms. The standard InChI is InChI=1S/C14H13FN2O5S2/c15-10-1-5-12(6-2-10)23(19,20)9-14(18)17-11-3-7-13(8-4-11)24(16,21)22/h1-8H,9H2,(H,17,18)(H2,16,21,22). The summed E-state index contributed by atoms with van der Waals surface area (Å²) in [5.41, 5.74) is 0.210. The highest BCUT2D eigenvalue weighted by molar-refractivity contribution is 7.92. The van der Waals surface area contributed by atoms with Crippen LogP contribution in [0.15, 0.2) is 58.3 Å². The highest BCUT2D eigenvalue weighted by Gasteiger charge is 2.19. The summed E-state index contributed by atoms with van der Waals surface area (Å²) in [5.74, 6) is -2.24. The van der Waals surface area contributed by atoms with Crippen LogP contribution in [0.25, 0.3) is 0 Å². The molecule has 0 unspecified atom stereocenters. The van der Waals surface area contributed by atoms with E-state index in [1.807, 2.05) is 0 Å². The number of benzene rings is 2. The van der Waals surface area contributed by atoms with Crippen molar-refractivity contribution in [3.63, 3.8) is 0 Å². The molecule has 0 saturated heterocycles. The molecule has 3 N–H and O–H groups in total. The fourth-order valence-corrected chi connectivity index (χ4v) is 3.47. The van der Waals surface area contributed by atoms with Gasteiger partial charge >= 0.3 is 0 Å². The van der Waals surface area contributed by atoms with Gasteiger partial charge in [-0.25, -0.2) is 26.4 Å². The normalized spacial score (nSPS) is 11.9. The molecule has 0 aromatic heterocycles. The predicted molar refractivity (Wildman–Crippen MR) is 84.9 cm³/mol. The van der Waals surface area contributed by atoms with E-state index < -0.39 is 37.3 Å². The third kappa shape index (κ3) is 4.60. The summed E-state index contributed by atoms with van der Waals surface area (Å²) in [5, 5.41) is 7.28. The van der Waals surface area contributed by atoms with Crippen LogP contribution in [-0.4, -0.2) is 28.5 Å². The molecule has 1 amide bonds. The number of hydrogen-bond acceptors (Lipinski definition) is 5. The van der Waals surface area contributed by atoms with E-state index in [0.29, 0.717) is 0 Å². The van der Waals surface area contributed by atoms with E-state index in [2.05, 4.69) is 5.32 Å². The van der Waals surface area contributed by atoms with Crippen LogP contribution in [0.2, 0.25) is 0 Å². The number of sulfone groups is 1. The molecule has 2 rings (SSSR count). The van der Waals surface area contributed by atoms with Gasteiger partial charge in [0.05, 0.1) is 9.79 Å². The van der Waals surface area contributed by atoms with Gasteiger partial charge in [-0.15, -0.1) is 0 Å². The van der Waals surface area contributed by atoms with Crippen LogP contribution in [-0.2, 0) is 24.7 Å². The lowest BCUT2D eigenvalue weighted by Crippen LogP contribution is -2.23. The van der Waals surface area contributed by atoms with E-state index in [-0.39, 0.29) is 15.5 Å². The monoisotopic (exact) mass is 372 g/mol. The minimum Gasteiger partial charge on any atom is -0.325 e. The molecule has 2 aromatic carbocycles. The Morgan fingerprint density at radius 1 is 0.917 bits per heavy atom. The number of nitrogens with two attached hydrogens (primary N) is 1. The Kier molecular flexibility index (Phi) is 5.02. The zero-order valence-electron chi connectivity index (χ0n) is 12.1. The first-order valence-corrected chi connectivity index (χ1v) is 9.69. The van der Waals surface area contributed by atoms with E-state index in [1.54, 1.807) is 0 Å². The number of nitrogens with one attached hydrogen (secondary N) is 1. The Morgan fingerprint density at radius 3 is 1.92 bits per heavy atom. The van der Waals surface area contributed by atoms with Gasteiger partial charge < -0.3 is 5.32 Å². The van der Waals surface area contributed by atoms with Crippen LogP contribution in [0, 0.1) is 5.82 Å². The lowest BCUT2D eigenvalue weighted by molar-refractivity contribution is -0.113. The third-order valence-corrected chi connectivity index (χ3v) is 5.52. The van der Waals surface area contributed by atoms with E-state index >= 15 is 0 Å². The maximum Gasteiger partial charge on any atom is 0.239 e. The zero-order chi connectivity index (χ0) is 18.0. The number of carbonyl (C=O) groups excluding carboxylic acids is 1. The van der Waals surface area contributed by atoms with Crippen molar-refractivity contribution in [1.82, 2.24) is 0 Å². The van der Waals surface area contributed by atoms with Crippen LogP contribution < -0.4 is 10.5 Å². The summed E-state index contributed by atoms with van der Waals surface area (Å²) in [6.45, 7) is 0. The van der Waals surface area contributed by atoms with Crippen molar-refractivity contribution in [2.45, 2.75) is 9.79 Å². The molecule has 0 aliphatic carbocycles. The van der Waals surface area contributed by atoms with Gasteiger partial charge in [-0.1, -0.05) is 0 Å². The fourth-order valence-electron chi connectivity index (χ4n) is 1.82. The van der Waals surface area contributed by atoms with E-state index in [4.69, 9.17) is 5.14 Å². The average molecular weight is 372 g/mol. The second-order valence-electron chi connectivity index (χ2n) is 4.83. The summed E-state index contributed by atoms with van der Waals surface area (Å²) in [6.07, 6.45) is 0. The Balaban J connectivity index is 2.09. The molecule has 2 aromatic rings. The highest BCUT2D eigenvalue weighted by atomic mass is 32.2. The van der Waals surface area contributed by atoms with Crippen molar-refractivity contribution in [1.29, 1.82) is 0 Å². The SMILES string of the molecule is NS(=O)(=O)c1ccc(NC(=O)CS(=O)(=O)c2ccc(F)cc2)cc1. The van der Waals surface area contributed by atoms with Gasteiger partial charge in [0.1, 0.15) is 11.6 Å². The first kappa shape index (κ1) is 18.0. The first-order chi connectivity index (χ1) is 11.1. The van der Waals surface area contributed by atoms with E-state index in [0.717, 1.165) is 24.3 Å². The summed E-state index contributed by atoms with van der Waals surface area (Å²) in [6, 6.07) is 9.02.